The summed E-state index contributed by atoms with van der Waals surface area (Å²) in [6, 6.07) is 19.1. The molecule has 18 heavy (non-hydrogen) atoms. The molecule has 2 aromatic rings. The minimum atomic E-state index is -3.12. The van der Waals surface area contributed by atoms with Crippen LogP contribution in [0.4, 0.5) is 0 Å². The minimum Gasteiger partial charge on any atom is -0.228 e. The molecule has 94 valence electrons. The van der Waals surface area contributed by atoms with Gasteiger partial charge in [-0.15, -0.1) is 0 Å². The van der Waals surface area contributed by atoms with E-state index in [9.17, 15) is 8.42 Å². The van der Waals surface area contributed by atoms with Gasteiger partial charge in [0.05, 0.1) is 5.25 Å². The topological polar surface area (TPSA) is 34.1 Å². The van der Waals surface area contributed by atoms with Crippen molar-refractivity contribution in [3.63, 3.8) is 0 Å². The first kappa shape index (κ1) is 12.8. The van der Waals surface area contributed by atoms with Gasteiger partial charge in [0.2, 0.25) is 0 Å². The van der Waals surface area contributed by atoms with Crippen LogP contribution in [0.3, 0.4) is 0 Å². The Morgan fingerprint density at radius 3 is 1.89 bits per heavy atom. The van der Waals surface area contributed by atoms with Crippen LogP contribution in [0.2, 0.25) is 0 Å². The molecule has 3 heteroatoms. The molecule has 0 amide bonds. The Balaban J connectivity index is 2.34. The number of hydrogen-bond donors (Lipinski definition) is 0. The summed E-state index contributed by atoms with van der Waals surface area (Å²) in [5, 5.41) is -0.471. The van der Waals surface area contributed by atoms with Crippen LogP contribution in [0.1, 0.15) is 16.4 Å². The third-order valence-electron chi connectivity index (χ3n) is 2.95. The molecule has 0 radical (unpaired) electrons. The minimum absolute atomic E-state index is 0.471. The first-order chi connectivity index (χ1) is 8.57. The van der Waals surface area contributed by atoms with Crippen LogP contribution in [0.5, 0.6) is 0 Å². The van der Waals surface area contributed by atoms with Gasteiger partial charge in [0.25, 0.3) is 0 Å². The molecule has 0 aliphatic rings. The molecule has 0 bridgehead atoms. The molecule has 1 unspecified atom stereocenters. The number of rotatable bonds is 4. The zero-order valence-electron chi connectivity index (χ0n) is 10.3. The molecular formula is C15H16O2S. The van der Waals surface area contributed by atoms with E-state index in [1.807, 2.05) is 60.7 Å². The molecule has 0 saturated carbocycles. The maximum atomic E-state index is 11.9. The summed E-state index contributed by atoms with van der Waals surface area (Å²) in [5.74, 6) is 0. The molecule has 0 fully saturated rings. The SMILES string of the molecule is CS(=O)(=O)C(Cc1ccccc1)c1ccccc1. The van der Waals surface area contributed by atoms with Crippen LogP contribution >= 0.6 is 0 Å². The second-order valence-electron chi connectivity index (χ2n) is 4.42. The zero-order valence-corrected chi connectivity index (χ0v) is 11.1. The van der Waals surface area contributed by atoms with E-state index in [4.69, 9.17) is 0 Å². The van der Waals surface area contributed by atoms with Gasteiger partial charge in [0.1, 0.15) is 0 Å². The Morgan fingerprint density at radius 1 is 0.889 bits per heavy atom. The average Bonchev–Trinajstić information content (AvgIpc) is 2.37. The van der Waals surface area contributed by atoms with E-state index in [0.717, 1.165) is 11.1 Å². The van der Waals surface area contributed by atoms with Crippen molar-refractivity contribution in [1.82, 2.24) is 0 Å². The highest BCUT2D eigenvalue weighted by Crippen LogP contribution is 2.25. The van der Waals surface area contributed by atoms with Crippen molar-refractivity contribution in [3.05, 3.63) is 71.8 Å². The van der Waals surface area contributed by atoms with Crippen molar-refractivity contribution < 1.29 is 8.42 Å². The number of hydrogen-bond acceptors (Lipinski definition) is 2. The van der Waals surface area contributed by atoms with Gasteiger partial charge in [-0.2, -0.15) is 0 Å². The fourth-order valence-corrected chi connectivity index (χ4v) is 3.16. The van der Waals surface area contributed by atoms with Crippen LogP contribution in [-0.4, -0.2) is 14.7 Å². The summed E-state index contributed by atoms with van der Waals surface area (Å²) in [5.41, 5.74) is 1.89. The quantitative estimate of drug-likeness (QED) is 0.847. The molecule has 0 aromatic heterocycles. The van der Waals surface area contributed by atoms with Gasteiger partial charge in [-0.05, 0) is 17.5 Å². The van der Waals surface area contributed by atoms with Crippen molar-refractivity contribution in [2.24, 2.45) is 0 Å². The summed E-state index contributed by atoms with van der Waals surface area (Å²) >= 11 is 0. The van der Waals surface area contributed by atoms with Crippen molar-refractivity contribution >= 4 is 9.84 Å². The highest BCUT2D eigenvalue weighted by molar-refractivity contribution is 7.90. The molecule has 0 N–H and O–H groups in total. The Kier molecular flexibility index (Phi) is 3.82. The summed E-state index contributed by atoms with van der Waals surface area (Å²) in [7, 11) is -3.12. The van der Waals surface area contributed by atoms with Crippen molar-refractivity contribution in [2.75, 3.05) is 6.26 Å². The molecule has 0 aliphatic heterocycles. The van der Waals surface area contributed by atoms with E-state index in [1.165, 1.54) is 6.26 Å². The average molecular weight is 260 g/mol. The van der Waals surface area contributed by atoms with Gasteiger partial charge >= 0.3 is 0 Å². The highest BCUT2D eigenvalue weighted by atomic mass is 32.2. The lowest BCUT2D eigenvalue weighted by Crippen LogP contribution is -2.14. The predicted octanol–water partition coefficient (Wildman–Crippen LogP) is 3.02. The Hall–Kier alpha value is -1.61. The van der Waals surface area contributed by atoms with Gasteiger partial charge in [0, 0.05) is 6.26 Å². The first-order valence-corrected chi connectivity index (χ1v) is 7.80. The molecule has 0 aliphatic carbocycles. The molecule has 2 nitrogen and oxygen atoms in total. The Morgan fingerprint density at radius 2 is 1.39 bits per heavy atom. The summed E-state index contributed by atoms with van der Waals surface area (Å²) in [6.07, 6.45) is 1.82. The van der Waals surface area contributed by atoms with Crippen LogP contribution in [0.25, 0.3) is 0 Å². The third kappa shape index (κ3) is 3.20. The van der Waals surface area contributed by atoms with Crippen LogP contribution < -0.4 is 0 Å². The van der Waals surface area contributed by atoms with Gasteiger partial charge in [-0.3, -0.25) is 0 Å². The predicted molar refractivity (Wildman–Crippen MR) is 74.2 cm³/mol. The van der Waals surface area contributed by atoms with E-state index < -0.39 is 15.1 Å². The van der Waals surface area contributed by atoms with Gasteiger partial charge in [0.15, 0.2) is 9.84 Å². The lowest BCUT2D eigenvalue weighted by molar-refractivity contribution is 0.587. The molecule has 0 saturated heterocycles. The molecule has 0 spiro atoms. The first-order valence-electron chi connectivity index (χ1n) is 5.85. The maximum absolute atomic E-state index is 11.9. The van der Waals surface area contributed by atoms with Crippen molar-refractivity contribution in [2.45, 2.75) is 11.7 Å². The molecule has 2 rings (SSSR count). The molecular weight excluding hydrogens is 244 g/mol. The summed E-state index contributed by atoms with van der Waals surface area (Å²) in [6.45, 7) is 0. The lowest BCUT2D eigenvalue weighted by atomic mass is 10.0. The van der Waals surface area contributed by atoms with Gasteiger partial charge < -0.3 is 0 Å². The number of benzene rings is 2. The molecule has 1 atom stereocenters. The molecule has 0 heterocycles. The van der Waals surface area contributed by atoms with Crippen molar-refractivity contribution in [1.29, 1.82) is 0 Å². The Labute approximate surface area is 108 Å². The second-order valence-corrected chi connectivity index (χ2v) is 6.65. The Bertz CT molecular complexity index is 589. The van der Waals surface area contributed by atoms with E-state index in [2.05, 4.69) is 0 Å². The monoisotopic (exact) mass is 260 g/mol. The fourth-order valence-electron chi connectivity index (χ4n) is 2.01. The summed E-state index contributed by atoms with van der Waals surface area (Å²) in [4.78, 5) is 0. The van der Waals surface area contributed by atoms with Crippen LogP contribution in [-0.2, 0) is 16.3 Å². The van der Waals surface area contributed by atoms with E-state index in [-0.39, 0.29) is 0 Å². The van der Waals surface area contributed by atoms with E-state index >= 15 is 0 Å². The highest BCUT2D eigenvalue weighted by Gasteiger charge is 2.22. The zero-order chi connectivity index (χ0) is 13.0. The van der Waals surface area contributed by atoms with Gasteiger partial charge in [-0.25, -0.2) is 8.42 Å². The second kappa shape index (κ2) is 5.36. The largest absolute Gasteiger partial charge is 0.228 e. The van der Waals surface area contributed by atoms with E-state index in [0.29, 0.717) is 6.42 Å². The van der Waals surface area contributed by atoms with E-state index in [1.54, 1.807) is 0 Å². The summed E-state index contributed by atoms with van der Waals surface area (Å²) < 4.78 is 23.9. The van der Waals surface area contributed by atoms with Crippen LogP contribution in [0, 0.1) is 0 Å². The fraction of sp³-hybridized carbons (Fsp3) is 0.200. The van der Waals surface area contributed by atoms with Gasteiger partial charge in [-0.1, -0.05) is 60.7 Å². The molecule has 2 aromatic carbocycles. The lowest BCUT2D eigenvalue weighted by Gasteiger charge is -2.15. The third-order valence-corrected chi connectivity index (χ3v) is 4.42. The normalized spacial score (nSPS) is 13.2. The standard InChI is InChI=1S/C15H16O2S/c1-18(16,17)15(14-10-6-3-7-11-14)12-13-8-4-2-5-9-13/h2-11,15H,12H2,1H3. The smallest absolute Gasteiger partial charge is 0.154 e. The maximum Gasteiger partial charge on any atom is 0.154 e. The number of sulfone groups is 1. The van der Waals surface area contributed by atoms with Crippen LogP contribution in [0.15, 0.2) is 60.7 Å². The van der Waals surface area contributed by atoms with Crippen molar-refractivity contribution in [3.8, 4) is 0 Å².